The first-order valence-corrected chi connectivity index (χ1v) is 10.7. The molecular formula is C27H30N2O3. The van der Waals surface area contributed by atoms with Gasteiger partial charge in [-0.2, -0.15) is 0 Å². The van der Waals surface area contributed by atoms with Crippen molar-refractivity contribution in [2.45, 2.75) is 46.1 Å². The van der Waals surface area contributed by atoms with Crippen molar-refractivity contribution >= 4 is 23.2 Å². The third kappa shape index (κ3) is 6.20. The van der Waals surface area contributed by atoms with Gasteiger partial charge in [0.1, 0.15) is 5.75 Å². The van der Waals surface area contributed by atoms with Crippen molar-refractivity contribution in [2.75, 3.05) is 10.6 Å². The predicted molar refractivity (Wildman–Crippen MR) is 129 cm³/mol. The van der Waals surface area contributed by atoms with Crippen LogP contribution in [0.25, 0.3) is 0 Å². The first-order chi connectivity index (χ1) is 15.1. The predicted octanol–water partition coefficient (Wildman–Crippen LogP) is 5.95. The van der Waals surface area contributed by atoms with Crippen molar-refractivity contribution in [3.8, 4) is 5.75 Å². The number of anilines is 2. The van der Waals surface area contributed by atoms with Crippen molar-refractivity contribution in [3.05, 3.63) is 89.5 Å². The Hall–Kier alpha value is -3.60. The lowest BCUT2D eigenvalue weighted by molar-refractivity contribution is -0.122. The molecule has 0 aliphatic carbocycles. The Kier molecular flexibility index (Phi) is 6.98. The van der Waals surface area contributed by atoms with E-state index in [2.05, 4.69) is 31.4 Å². The van der Waals surface area contributed by atoms with Gasteiger partial charge in [-0.3, -0.25) is 9.59 Å². The lowest BCUT2D eigenvalue weighted by Crippen LogP contribution is -2.30. The summed E-state index contributed by atoms with van der Waals surface area (Å²) in [5.41, 5.74) is 4.15. The molecule has 0 spiro atoms. The fourth-order valence-electron chi connectivity index (χ4n) is 3.15. The molecule has 0 aliphatic rings. The number of ether oxygens (including phenoxy) is 1. The summed E-state index contributed by atoms with van der Waals surface area (Å²) in [6, 6.07) is 22.2. The molecule has 0 heterocycles. The highest BCUT2D eigenvalue weighted by Crippen LogP contribution is 2.23. The standard InChI is InChI=1S/C27H30N2O3/c1-18-7-6-8-24(17-18)32-19(2)25(30)28-22-13-15-23(16-14-22)29-26(31)20-9-11-21(12-10-20)27(3,4)5/h6-17,19H,1-5H3,(H,28,30)(H,29,31)/t19-/m0/s1. The molecule has 2 N–H and O–H groups in total. The van der Waals surface area contributed by atoms with Crippen LogP contribution in [0.15, 0.2) is 72.8 Å². The molecule has 0 aromatic heterocycles. The van der Waals surface area contributed by atoms with Crippen LogP contribution in [0.5, 0.6) is 5.75 Å². The molecule has 0 fully saturated rings. The van der Waals surface area contributed by atoms with Crippen LogP contribution in [0, 0.1) is 6.92 Å². The van der Waals surface area contributed by atoms with Crippen LogP contribution >= 0.6 is 0 Å². The van der Waals surface area contributed by atoms with Gasteiger partial charge in [0.2, 0.25) is 0 Å². The Labute approximate surface area is 189 Å². The molecule has 5 heteroatoms. The van der Waals surface area contributed by atoms with Gasteiger partial charge in [0.05, 0.1) is 0 Å². The van der Waals surface area contributed by atoms with E-state index in [1.54, 1.807) is 31.2 Å². The van der Waals surface area contributed by atoms with Crippen LogP contribution in [0.1, 0.15) is 49.2 Å². The van der Waals surface area contributed by atoms with Gasteiger partial charge in [-0.1, -0.05) is 45.0 Å². The summed E-state index contributed by atoms with van der Waals surface area (Å²) >= 11 is 0. The number of rotatable bonds is 6. The van der Waals surface area contributed by atoms with Gasteiger partial charge in [0.15, 0.2) is 6.10 Å². The zero-order valence-corrected chi connectivity index (χ0v) is 19.2. The molecule has 0 unspecified atom stereocenters. The van der Waals surface area contributed by atoms with E-state index in [0.29, 0.717) is 22.7 Å². The normalized spacial score (nSPS) is 12.0. The first-order valence-electron chi connectivity index (χ1n) is 10.7. The molecule has 0 radical (unpaired) electrons. The van der Waals surface area contributed by atoms with Crippen molar-refractivity contribution < 1.29 is 14.3 Å². The molecule has 3 aromatic carbocycles. The quantitative estimate of drug-likeness (QED) is 0.508. The maximum absolute atomic E-state index is 12.5. The van der Waals surface area contributed by atoms with Crippen molar-refractivity contribution in [2.24, 2.45) is 0 Å². The van der Waals surface area contributed by atoms with Gasteiger partial charge in [-0.15, -0.1) is 0 Å². The largest absolute Gasteiger partial charge is 0.481 e. The van der Waals surface area contributed by atoms with Crippen LogP contribution in [0.3, 0.4) is 0 Å². The van der Waals surface area contributed by atoms with Crippen molar-refractivity contribution in [1.82, 2.24) is 0 Å². The minimum atomic E-state index is -0.646. The van der Waals surface area contributed by atoms with Gasteiger partial charge in [0.25, 0.3) is 11.8 Å². The lowest BCUT2D eigenvalue weighted by atomic mass is 9.87. The molecule has 0 aliphatic heterocycles. The summed E-state index contributed by atoms with van der Waals surface area (Å²) in [6.07, 6.45) is -0.646. The number of hydrogen-bond donors (Lipinski definition) is 2. The molecule has 1 atom stereocenters. The molecule has 0 saturated carbocycles. The average Bonchev–Trinajstić information content (AvgIpc) is 2.74. The number of carbonyl (C=O) groups is 2. The van der Waals surface area contributed by atoms with Crippen molar-refractivity contribution in [3.63, 3.8) is 0 Å². The van der Waals surface area contributed by atoms with Crippen LogP contribution in [-0.4, -0.2) is 17.9 Å². The molecule has 32 heavy (non-hydrogen) atoms. The summed E-state index contributed by atoms with van der Waals surface area (Å²) in [5.74, 6) is 0.228. The Bertz CT molecular complexity index is 1080. The van der Waals surface area contributed by atoms with E-state index in [0.717, 1.165) is 5.56 Å². The highest BCUT2D eigenvalue weighted by molar-refractivity contribution is 6.04. The summed E-state index contributed by atoms with van der Waals surface area (Å²) < 4.78 is 5.71. The number of hydrogen-bond acceptors (Lipinski definition) is 3. The third-order valence-electron chi connectivity index (χ3n) is 5.10. The smallest absolute Gasteiger partial charge is 0.265 e. The van der Waals surface area contributed by atoms with Gasteiger partial charge >= 0.3 is 0 Å². The highest BCUT2D eigenvalue weighted by Gasteiger charge is 2.16. The second kappa shape index (κ2) is 9.69. The second-order valence-electron chi connectivity index (χ2n) is 8.92. The van der Waals surface area contributed by atoms with E-state index < -0.39 is 6.10 Å². The molecular weight excluding hydrogens is 400 g/mol. The van der Waals surface area contributed by atoms with E-state index >= 15 is 0 Å². The molecule has 166 valence electrons. The average molecular weight is 431 g/mol. The number of carbonyl (C=O) groups excluding carboxylic acids is 2. The summed E-state index contributed by atoms with van der Waals surface area (Å²) in [5, 5.41) is 5.71. The molecule has 3 aromatic rings. The van der Waals surface area contributed by atoms with E-state index in [1.807, 2.05) is 55.5 Å². The van der Waals surface area contributed by atoms with E-state index in [4.69, 9.17) is 4.74 Å². The molecule has 0 bridgehead atoms. The summed E-state index contributed by atoms with van der Waals surface area (Å²) in [4.78, 5) is 25.0. The molecule has 5 nitrogen and oxygen atoms in total. The van der Waals surface area contributed by atoms with Crippen LogP contribution in [0.4, 0.5) is 11.4 Å². The highest BCUT2D eigenvalue weighted by atomic mass is 16.5. The van der Waals surface area contributed by atoms with Crippen LogP contribution < -0.4 is 15.4 Å². The second-order valence-corrected chi connectivity index (χ2v) is 8.92. The van der Waals surface area contributed by atoms with Gasteiger partial charge in [-0.05, 0) is 78.9 Å². The summed E-state index contributed by atoms with van der Waals surface area (Å²) in [7, 11) is 0. The maximum Gasteiger partial charge on any atom is 0.265 e. The third-order valence-corrected chi connectivity index (χ3v) is 5.10. The zero-order valence-electron chi connectivity index (χ0n) is 19.2. The van der Waals surface area contributed by atoms with Gasteiger partial charge in [-0.25, -0.2) is 0 Å². The maximum atomic E-state index is 12.5. The number of amides is 2. The van der Waals surface area contributed by atoms with E-state index in [9.17, 15) is 9.59 Å². The SMILES string of the molecule is Cc1cccc(O[C@@H](C)C(=O)Nc2ccc(NC(=O)c3ccc(C(C)(C)C)cc3)cc2)c1. The molecule has 3 rings (SSSR count). The van der Waals surface area contributed by atoms with E-state index in [-0.39, 0.29) is 17.2 Å². The van der Waals surface area contributed by atoms with Gasteiger partial charge < -0.3 is 15.4 Å². The Morgan fingerprint density at radius 3 is 2.00 bits per heavy atom. The number of nitrogens with one attached hydrogen (secondary N) is 2. The van der Waals surface area contributed by atoms with Crippen LogP contribution in [0.2, 0.25) is 0 Å². The Morgan fingerprint density at radius 1 is 0.844 bits per heavy atom. The topological polar surface area (TPSA) is 67.4 Å². The number of benzene rings is 3. The monoisotopic (exact) mass is 430 g/mol. The van der Waals surface area contributed by atoms with Crippen LogP contribution in [-0.2, 0) is 10.2 Å². The minimum Gasteiger partial charge on any atom is -0.481 e. The zero-order chi connectivity index (χ0) is 23.3. The first kappa shape index (κ1) is 23.1. The molecule has 2 amide bonds. The minimum absolute atomic E-state index is 0.0395. The fraction of sp³-hybridized carbons (Fsp3) is 0.259. The Balaban J connectivity index is 1.56. The molecule has 0 saturated heterocycles. The Morgan fingerprint density at radius 2 is 1.44 bits per heavy atom. The fourth-order valence-corrected chi connectivity index (χ4v) is 3.15. The summed E-state index contributed by atoms with van der Waals surface area (Å²) in [6.45, 7) is 10.1. The number of aryl methyl sites for hydroxylation is 1. The van der Waals surface area contributed by atoms with Crippen molar-refractivity contribution in [1.29, 1.82) is 0 Å². The lowest BCUT2D eigenvalue weighted by Gasteiger charge is -2.19. The van der Waals surface area contributed by atoms with Gasteiger partial charge in [0, 0.05) is 16.9 Å². The van der Waals surface area contributed by atoms with E-state index in [1.165, 1.54) is 5.56 Å².